The first kappa shape index (κ1) is 16.3. The highest BCUT2D eigenvalue weighted by molar-refractivity contribution is 5.88. The van der Waals surface area contributed by atoms with Crippen molar-refractivity contribution in [2.24, 2.45) is 0 Å². The highest BCUT2D eigenvalue weighted by atomic mass is 16.5. The third kappa shape index (κ3) is 2.71. The van der Waals surface area contributed by atoms with Gasteiger partial charge < -0.3 is 4.74 Å². The van der Waals surface area contributed by atoms with Gasteiger partial charge in [-0.3, -0.25) is 0 Å². The Hall–Kier alpha value is -2.54. The van der Waals surface area contributed by atoms with Gasteiger partial charge in [0.2, 0.25) is 0 Å². The molecule has 0 unspecified atom stereocenters. The van der Waals surface area contributed by atoms with Gasteiger partial charge in [0.05, 0.1) is 7.11 Å². The molecular formula is C23H24O. The minimum Gasteiger partial charge on any atom is -0.495 e. The molecule has 0 aliphatic heterocycles. The first-order valence-electron chi connectivity index (χ1n) is 8.34. The van der Waals surface area contributed by atoms with Gasteiger partial charge in [0.25, 0.3) is 0 Å². The summed E-state index contributed by atoms with van der Waals surface area (Å²) in [6.45, 7) is 8.64. The van der Waals surface area contributed by atoms with E-state index >= 15 is 0 Å². The minimum absolute atomic E-state index is 0.969. The van der Waals surface area contributed by atoms with Gasteiger partial charge in [-0.25, -0.2) is 0 Å². The molecule has 0 aliphatic rings. The Morgan fingerprint density at radius 1 is 0.583 bits per heavy atom. The molecule has 0 saturated heterocycles. The molecule has 0 N–H and O–H groups in total. The highest BCUT2D eigenvalue weighted by Gasteiger charge is 2.19. The Bertz CT molecular complexity index is 821. The van der Waals surface area contributed by atoms with Gasteiger partial charge in [-0.05, 0) is 61.1 Å². The summed E-state index contributed by atoms with van der Waals surface area (Å²) in [5.41, 5.74) is 9.88. The monoisotopic (exact) mass is 316 g/mol. The summed E-state index contributed by atoms with van der Waals surface area (Å²) in [6, 6.07) is 19.3. The largest absolute Gasteiger partial charge is 0.495 e. The van der Waals surface area contributed by atoms with Crippen molar-refractivity contribution < 1.29 is 4.74 Å². The number of ether oxygens (including phenoxy) is 1. The molecule has 0 saturated carbocycles. The molecule has 0 spiro atoms. The molecule has 0 radical (unpaired) electrons. The van der Waals surface area contributed by atoms with Crippen LogP contribution in [0, 0.1) is 27.7 Å². The maximum absolute atomic E-state index is 5.96. The van der Waals surface area contributed by atoms with E-state index in [9.17, 15) is 0 Å². The van der Waals surface area contributed by atoms with Crippen molar-refractivity contribution in [1.29, 1.82) is 0 Å². The summed E-state index contributed by atoms with van der Waals surface area (Å²) in [4.78, 5) is 0. The first-order valence-corrected chi connectivity index (χ1v) is 8.34. The molecule has 122 valence electrons. The van der Waals surface area contributed by atoms with Crippen LogP contribution < -0.4 is 4.74 Å². The average Bonchev–Trinajstić information content (AvgIpc) is 2.56. The first-order chi connectivity index (χ1) is 11.5. The number of hydrogen-bond acceptors (Lipinski definition) is 1. The van der Waals surface area contributed by atoms with E-state index in [1.807, 2.05) is 0 Å². The lowest BCUT2D eigenvalue weighted by molar-refractivity contribution is 0.417. The molecule has 0 amide bonds. The number of benzene rings is 3. The normalized spacial score (nSPS) is 10.7. The van der Waals surface area contributed by atoms with Crippen molar-refractivity contribution in [1.82, 2.24) is 0 Å². The van der Waals surface area contributed by atoms with E-state index in [0.717, 1.165) is 5.75 Å². The van der Waals surface area contributed by atoms with E-state index in [1.165, 1.54) is 44.5 Å². The fourth-order valence-corrected chi connectivity index (χ4v) is 3.53. The van der Waals surface area contributed by atoms with Crippen LogP contribution in [0.4, 0.5) is 0 Å². The smallest absolute Gasteiger partial charge is 0.135 e. The van der Waals surface area contributed by atoms with Crippen LogP contribution in [-0.2, 0) is 0 Å². The lowest BCUT2D eigenvalue weighted by Crippen LogP contribution is -1.99. The van der Waals surface area contributed by atoms with Crippen molar-refractivity contribution in [3.05, 3.63) is 76.9 Å². The molecule has 0 aromatic heterocycles. The van der Waals surface area contributed by atoms with Crippen LogP contribution in [0.1, 0.15) is 22.3 Å². The summed E-state index contributed by atoms with van der Waals surface area (Å²) < 4.78 is 5.96. The second-order valence-electron chi connectivity index (χ2n) is 6.42. The topological polar surface area (TPSA) is 9.23 Å². The van der Waals surface area contributed by atoms with Gasteiger partial charge in [-0.15, -0.1) is 0 Å². The summed E-state index contributed by atoms with van der Waals surface area (Å²) in [7, 11) is 1.78. The van der Waals surface area contributed by atoms with E-state index < -0.39 is 0 Å². The predicted molar refractivity (Wildman–Crippen MR) is 103 cm³/mol. The van der Waals surface area contributed by atoms with Gasteiger partial charge in [0.1, 0.15) is 5.75 Å². The highest BCUT2D eigenvalue weighted by Crippen LogP contribution is 2.44. The van der Waals surface area contributed by atoms with E-state index in [2.05, 4.69) is 82.3 Å². The quantitative estimate of drug-likeness (QED) is 0.554. The summed E-state index contributed by atoms with van der Waals surface area (Å²) >= 11 is 0. The Balaban J connectivity index is 2.39. The average molecular weight is 316 g/mol. The molecule has 0 atom stereocenters. The molecule has 0 fully saturated rings. The second-order valence-corrected chi connectivity index (χ2v) is 6.42. The summed E-state index contributed by atoms with van der Waals surface area (Å²) in [5, 5.41) is 0. The summed E-state index contributed by atoms with van der Waals surface area (Å²) in [5.74, 6) is 0.969. The summed E-state index contributed by atoms with van der Waals surface area (Å²) in [6.07, 6.45) is 0. The van der Waals surface area contributed by atoms with Crippen LogP contribution in [0.5, 0.6) is 5.75 Å². The third-order valence-electron chi connectivity index (χ3n) is 4.71. The number of aryl methyl sites for hydroxylation is 4. The molecule has 3 aromatic carbocycles. The molecule has 0 heterocycles. The van der Waals surface area contributed by atoms with Crippen molar-refractivity contribution in [3.8, 4) is 28.0 Å². The van der Waals surface area contributed by atoms with Gasteiger partial charge in [0, 0.05) is 11.1 Å². The molecule has 0 aliphatic carbocycles. The zero-order valence-corrected chi connectivity index (χ0v) is 15.1. The van der Waals surface area contributed by atoms with Crippen molar-refractivity contribution in [2.75, 3.05) is 7.11 Å². The molecule has 0 bridgehead atoms. The van der Waals surface area contributed by atoms with Gasteiger partial charge in [0.15, 0.2) is 0 Å². The van der Waals surface area contributed by atoms with Gasteiger partial charge >= 0.3 is 0 Å². The van der Waals surface area contributed by atoms with E-state index in [1.54, 1.807) is 7.11 Å². The fourth-order valence-electron chi connectivity index (χ4n) is 3.53. The standard InChI is InChI=1S/C23H24O/c1-15-10-6-8-12-19(15)21-17(3)14-18(4)22(23(21)24-5)20-13-9-7-11-16(20)2/h6-14H,1-5H3. The Morgan fingerprint density at radius 3 is 1.38 bits per heavy atom. The minimum atomic E-state index is 0.969. The van der Waals surface area contributed by atoms with Crippen LogP contribution in [0.15, 0.2) is 54.6 Å². The van der Waals surface area contributed by atoms with Crippen molar-refractivity contribution in [2.45, 2.75) is 27.7 Å². The molecular weight excluding hydrogens is 292 g/mol. The SMILES string of the molecule is COc1c(-c2ccccc2C)c(C)cc(C)c1-c1ccccc1C. The van der Waals surface area contributed by atoms with Gasteiger partial charge in [-0.1, -0.05) is 54.6 Å². The molecule has 1 heteroatoms. The number of methoxy groups -OCH3 is 1. The number of rotatable bonds is 3. The maximum atomic E-state index is 5.96. The molecule has 24 heavy (non-hydrogen) atoms. The predicted octanol–water partition coefficient (Wildman–Crippen LogP) is 6.26. The van der Waals surface area contributed by atoms with E-state index in [0.29, 0.717) is 0 Å². The van der Waals surface area contributed by atoms with Crippen LogP contribution >= 0.6 is 0 Å². The third-order valence-corrected chi connectivity index (χ3v) is 4.71. The molecule has 1 nitrogen and oxygen atoms in total. The van der Waals surface area contributed by atoms with Crippen LogP contribution in [0.3, 0.4) is 0 Å². The molecule has 3 aromatic rings. The molecule has 3 rings (SSSR count). The van der Waals surface area contributed by atoms with E-state index in [-0.39, 0.29) is 0 Å². The van der Waals surface area contributed by atoms with E-state index in [4.69, 9.17) is 4.74 Å². The zero-order chi connectivity index (χ0) is 17.3. The van der Waals surface area contributed by atoms with Crippen LogP contribution in [0.2, 0.25) is 0 Å². The lowest BCUT2D eigenvalue weighted by Gasteiger charge is -2.21. The van der Waals surface area contributed by atoms with Crippen molar-refractivity contribution in [3.63, 3.8) is 0 Å². The Labute approximate surface area is 144 Å². The van der Waals surface area contributed by atoms with Gasteiger partial charge in [-0.2, -0.15) is 0 Å². The van der Waals surface area contributed by atoms with Crippen molar-refractivity contribution >= 4 is 0 Å². The van der Waals surface area contributed by atoms with Crippen LogP contribution in [-0.4, -0.2) is 7.11 Å². The zero-order valence-electron chi connectivity index (χ0n) is 15.1. The lowest BCUT2D eigenvalue weighted by atomic mass is 9.87. The fraction of sp³-hybridized carbons (Fsp3) is 0.217. The second kappa shape index (κ2) is 6.52. The van der Waals surface area contributed by atoms with Crippen LogP contribution in [0.25, 0.3) is 22.3 Å². The number of hydrogen-bond donors (Lipinski definition) is 0. The Morgan fingerprint density at radius 2 is 1.00 bits per heavy atom. The Kier molecular flexibility index (Phi) is 4.44. The maximum Gasteiger partial charge on any atom is 0.135 e.